The number of nitrogens with one attached hydrogen (secondary N) is 1. The van der Waals surface area contributed by atoms with Crippen LogP contribution < -0.4 is 10.5 Å². The van der Waals surface area contributed by atoms with E-state index in [9.17, 15) is 4.79 Å². The van der Waals surface area contributed by atoms with Crippen LogP contribution in [0.2, 0.25) is 0 Å². The zero-order valence-electron chi connectivity index (χ0n) is 21.8. The van der Waals surface area contributed by atoms with Gasteiger partial charge in [0.25, 0.3) is 5.56 Å². The summed E-state index contributed by atoms with van der Waals surface area (Å²) in [6.07, 6.45) is 2.12. The number of hydrogen-bond donors (Lipinski definition) is 1. The number of pyridine rings is 1. The number of H-pyrrole nitrogens is 1. The average molecular weight is 543 g/mol. The van der Waals surface area contributed by atoms with E-state index in [0.29, 0.717) is 17.9 Å². The summed E-state index contributed by atoms with van der Waals surface area (Å²) in [5.74, 6) is 0.677. The second kappa shape index (κ2) is 10.1. The number of rotatable bonds is 6. The van der Waals surface area contributed by atoms with E-state index in [-0.39, 0.29) is 17.7 Å². The number of nitrogens with zero attached hydrogens (tertiary/aromatic N) is 7. The zero-order chi connectivity index (χ0) is 26.3. The topological polar surface area (TPSA) is 105 Å². The van der Waals surface area contributed by atoms with E-state index in [1.54, 1.807) is 11.3 Å². The number of fused-ring (bicyclic) bond motifs is 2. The Morgan fingerprint density at radius 3 is 2.82 bits per heavy atom. The van der Waals surface area contributed by atoms with Gasteiger partial charge in [0.1, 0.15) is 6.04 Å². The van der Waals surface area contributed by atoms with Gasteiger partial charge >= 0.3 is 0 Å². The molecule has 0 saturated carbocycles. The van der Waals surface area contributed by atoms with Crippen LogP contribution in [0.4, 0.5) is 5.13 Å². The van der Waals surface area contributed by atoms with Crippen LogP contribution in [0.3, 0.4) is 0 Å². The maximum atomic E-state index is 13.6. The SMILES string of the molecule is Cc1cccc2cc(C(c3nnnn3CC3CCCO3)N3CCN(c4nc5ccccc5s4)CC3)c(=O)[nH]c12. The molecule has 2 atom stereocenters. The minimum Gasteiger partial charge on any atom is -0.376 e. The number of anilines is 1. The van der Waals surface area contributed by atoms with Crippen molar-refractivity contribution in [2.75, 3.05) is 37.7 Å². The normalized spacial score (nSPS) is 19.3. The lowest BCUT2D eigenvalue weighted by Gasteiger charge is -2.38. The van der Waals surface area contributed by atoms with Crippen LogP contribution in [0.15, 0.2) is 53.3 Å². The first-order valence-electron chi connectivity index (χ1n) is 13.5. The Hall–Kier alpha value is -3.67. The summed E-state index contributed by atoms with van der Waals surface area (Å²) in [6.45, 7) is 6.46. The van der Waals surface area contributed by atoms with Crippen molar-refractivity contribution in [1.82, 2.24) is 35.1 Å². The van der Waals surface area contributed by atoms with Crippen molar-refractivity contribution in [1.29, 1.82) is 0 Å². The van der Waals surface area contributed by atoms with E-state index >= 15 is 0 Å². The molecule has 7 rings (SSSR count). The highest BCUT2D eigenvalue weighted by Crippen LogP contribution is 2.32. The fourth-order valence-electron chi connectivity index (χ4n) is 5.79. The lowest BCUT2D eigenvalue weighted by atomic mass is 10.0. The molecule has 3 aromatic heterocycles. The van der Waals surface area contributed by atoms with Crippen molar-refractivity contribution >= 4 is 37.6 Å². The molecule has 2 aliphatic rings. The number of piperazine rings is 1. The molecular weight excluding hydrogens is 512 g/mol. The Morgan fingerprint density at radius 1 is 1.13 bits per heavy atom. The molecule has 2 fully saturated rings. The van der Waals surface area contributed by atoms with Crippen LogP contribution >= 0.6 is 11.3 Å². The number of hydrogen-bond acceptors (Lipinski definition) is 9. The summed E-state index contributed by atoms with van der Waals surface area (Å²) in [6, 6.07) is 16.0. The van der Waals surface area contributed by atoms with Crippen LogP contribution in [0.5, 0.6) is 0 Å². The van der Waals surface area contributed by atoms with Crippen molar-refractivity contribution in [3.63, 3.8) is 0 Å². The van der Waals surface area contributed by atoms with Crippen LogP contribution in [-0.4, -0.2) is 74.0 Å². The van der Waals surface area contributed by atoms with Crippen molar-refractivity contribution in [2.24, 2.45) is 0 Å². The maximum absolute atomic E-state index is 13.6. The Kier molecular flexibility index (Phi) is 6.34. The molecular formula is C28H30N8O2S. The Morgan fingerprint density at radius 2 is 2.00 bits per heavy atom. The first-order chi connectivity index (χ1) is 19.1. The number of aromatic nitrogens is 6. The van der Waals surface area contributed by atoms with Gasteiger partial charge in [0.05, 0.1) is 28.4 Å². The molecule has 11 heteroatoms. The van der Waals surface area contributed by atoms with Crippen molar-refractivity contribution in [3.8, 4) is 0 Å². The number of thiazole rings is 1. The van der Waals surface area contributed by atoms with Gasteiger partial charge in [-0.1, -0.05) is 41.7 Å². The molecule has 2 aliphatic heterocycles. The summed E-state index contributed by atoms with van der Waals surface area (Å²) in [4.78, 5) is 26.3. The van der Waals surface area contributed by atoms with Crippen LogP contribution in [0.1, 0.15) is 35.8 Å². The number of ether oxygens (including phenoxy) is 1. The zero-order valence-corrected chi connectivity index (χ0v) is 22.6. The summed E-state index contributed by atoms with van der Waals surface area (Å²) < 4.78 is 8.91. The lowest BCUT2D eigenvalue weighted by Crippen LogP contribution is -2.49. The maximum Gasteiger partial charge on any atom is 0.253 e. The molecule has 0 spiro atoms. The molecule has 5 heterocycles. The number of aromatic amines is 1. The van der Waals surface area contributed by atoms with Gasteiger partial charge in [0.2, 0.25) is 0 Å². The monoisotopic (exact) mass is 542 g/mol. The first-order valence-corrected chi connectivity index (χ1v) is 14.3. The Balaban J connectivity index is 1.24. The van der Waals surface area contributed by atoms with Gasteiger partial charge in [0.15, 0.2) is 11.0 Å². The van der Waals surface area contributed by atoms with Gasteiger partial charge in [-0.05, 0) is 59.3 Å². The van der Waals surface area contributed by atoms with Crippen LogP contribution in [0, 0.1) is 6.92 Å². The molecule has 0 aliphatic carbocycles. The Bertz CT molecular complexity index is 1650. The third-order valence-electron chi connectivity index (χ3n) is 7.85. The lowest BCUT2D eigenvalue weighted by molar-refractivity contribution is 0.0906. The van der Waals surface area contributed by atoms with Crippen molar-refractivity contribution in [2.45, 2.75) is 38.5 Å². The van der Waals surface area contributed by atoms with Crippen LogP contribution in [-0.2, 0) is 11.3 Å². The summed E-state index contributed by atoms with van der Waals surface area (Å²) >= 11 is 1.72. The van der Waals surface area contributed by atoms with Crippen molar-refractivity contribution < 1.29 is 4.74 Å². The highest BCUT2D eigenvalue weighted by atomic mass is 32.1. The standard InChI is InChI=1S/C28H30N8O2S/c1-18-6-4-7-19-16-21(27(37)30-24(18)19)25(26-31-32-33-36(26)17-20-8-5-15-38-20)34-11-13-35(14-12-34)28-29-22-9-2-3-10-23(22)39-28/h2-4,6-7,9-10,16,20,25H,5,8,11-15,17H2,1H3,(H,30,37). The summed E-state index contributed by atoms with van der Waals surface area (Å²) in [7, 11) is 0. The smallest absolute Gasteiger partial charge is 0.253 e. The predicted molar refractivity (Wildman–Crippen MR) is 151 cm³/mol. The Labute approximate surface area is 229 Å². The van der Waals surface area contributed by atoms with Gasteiger partial charge in [-0.25, -0.2) is 9.67 Å². The predicted octanol–water partition coefficient (Wildman–Crippen LogP) is 3.52. The largest absolute Gasteiger partial charge is 0.376 e. The van der Waals surface area contributed by atoms with E-state index in [2.05, 4.69) is 48.5 Å². The van der Waals surface area contributed by atoms with E-state index < -0.39 is 0 Å². The quantitative estimate of drug-likeness (QED) is 0.348. The van der Waals surface area contributed by atoms with E-state index in [1.807, 2.05) is 41.9 Å². The molecule has 0 bridgehead atoms. The molecule has 10 nitrogen and oxygen atoms in total. The molecule has 2 aromatic carbocycles. The molecule has 0 amide bonds. The average Bonchev–Trinajstić information content (AvgIpc) is 3.72. The van der Waals surface area contributed by atoms with Crippen molar-refractivity contribution in [3.05, 3.63) is 75.8 Å². The van der Waals surface area contributed by atoms with E-state index in [4.69, 9.17) is 9.72 Å². The summed E-state index contributed by atoms with van der Waals surface area (Å²) in [5.41, 5.74) is 3.49. The first kappa shape index (κ1) is 24.4. The van der Waals surface area contributed by atoms with Crippen LogP contribution in [0.25, 0.3) is 21.1 Å². The fourth-order valence-corrected chi connectivity index (χ4v) is 6.81. The molecule has 1 N–H and O–H groups in total. The fraction of sp³-hybridized carbons (Fsp3) is 0.393. The molecule has 200 valence electrons. The van der Waals surface area contributed by atoms with Gasteiger partial charge in [-0.15, -0.1) is 5.10 Å². The van der Waals surface area contributed by atoms with Gasteiger partial charge in [0, 0.05) is 38.3 Å². The molecule has 2 saturated heterocycles. The third kappa shape index (κ3) is 4.60. The summed E-state index contributed by atoms with van der Waals surface area (Å²) in [5, 5.41) is 14.9. The van der Waals surface area contributed by atoms with Gasteiger partial charge < -0.3 is 14.6 Å². The molecule has 5 aromatic rings. The molecule has 2 unspecified atom stereocenters. The number of para-hydroxylation sites is 2. The van der Waals surface area contributed by atoms with Gasteiger partial charge in [-0.3, -0.25) is 9.69 Å². The second-order valence-electron chi connectivity index (χ2n) is 10.3. The number of benzene rings is 2. The van der Waals surface area contributed by atoms with E-state index in [1.165, 1.54) is 4.70 Å². The minimum absolute atomic E-state index is 0.0846. The molecule has 0 radical (unpaired) electrons. The third-order valence-corrected chi connectivity index (χ3v) is 8.95. The molecule has 39 heavy (non-hydrogen) atoms. The van der Waals surface area contributed by atoms with E-state index in [0.717, 1.165) is 72.7 Å². The number of tetrazole rings is 1. The number of aryl methyl sites for hydroxylation is 1. The minimum atomic E-state index is -0.382. The van der Waals surface area contributed by atoms with Gasteiger partial charge in [-0.2, -0.15) is 0 Å². The highest BCUT2D eigenvalue weighted by molar-refractivity contribution is 7.22. The second-order valence-corrected chi connectivity index (χ2v) is 11.3. The highest BCUT2D eigenvalue weighted by Gasteiger charge is 2.34.